The zero-order chi connectivity index (χ0) is 12.5. The molecule has 3 rings (SSSR count). The number of aromatic nitrogens is 2. The third kappa shape index (κ3) is 1.51. The van der Waals surface area contributed by atoms with E-state index in [2.05, 4.69) is 21.0 Å². The van der Waals surface area contributed by atoms with Crippen LogP contribution in [0.1, 0.15) is 5.56 Å². The van der Waals surface area contributed by atoms with E-state index in [1.807, 2.05) is 30.3 Å². The summed E-state index contributed by atoms with van der Waals surface area (Å²) in [5.74, 6) is 0.754. The molecule has 18 heavy (non-hydrogen) atoms. The Morgan fingerprint density at radius 3 is 2.56 bits per heavy atom. The number of hydrazine groups is 1. The summed E-state index contributed by atoms with van der Waals surface area (Å²) in [6.07, 6.45) is 1.65. The largest absolute Gasteiger partial charge is 0.384 e. The number of nitrogens with zero attached hydrogens (tertiary/aromatic N) is 2. The monoisotopic (exact) mass is 240 g/mol. The van der Waals surface area contributed by atoms with E-state index in [4.69, 9.17) is 11.5 Å². The Hall–Kier alpha value is -2.76. The standard InChI is InChI=1S/C12H12N6/c13-11-9-8(6-15-17-11)10(16-18-12(9)14)7-4-2-1-3-5-7/h1-6,16,18H,14H2,(H2,13,17). The Morgan fingerprint density at radius 2 is 1.78 bits per heavy atom. The van der Waals surface area contributed by atoms with E-state index in [1.165, 1.54) is 0 Å². The molecule has 0 aliphatic carbocycles. The third-order valence-corrected chi connectivity index (χ3v) is 2.80. The lowest BCUT2D eigenvalue weighted by Crippen LogP contribution is -2.51. The summed E-state index contributed by atoms with van der Waals surface area (Å²) in [5, 5.41) is 9.21. The van der Waals surface area contributed by atoms with Gasteiger partial charge in [-0.05, 0) is 0 Å². The predicted octanol–water partition coefficient (Wildman–Crippen LogP) is -1.65. The van der Waals surface area contributed by atoms with Gasteiger partial charge in [-0.1, -0.05) is 30.3 Å². The van der Waals surface area contributed by atoms with Crippen molar-refractivity contribution >= 4 is 17.3 Å². The lowest BCUT2D eigenvalue weighted by atomic mass is 10.1. The number of anilines is 1. The maximum absolute atomic E-state index is 5.87. The van der Waals surface area contributed by atoms with Crippen LogP contribution in [-0.2, 0) is 0 Å². The first-order chi connectivity index (χ1) is 8.77. The van der Waals surface area contributed by atoms with Gasteiger partial charge in [0.25, 0.3) is 0 Å². The van der Waals surface area contributed by atoms with Gasteiger partial charge >= 0.3 is 0 Å². The smallest absolute Gasteiger partial charge is 0.157 e. The second-order valence-electron chi connectivity index (χ2n) is 3.92. The van der Waals surface area contributed by atoms with Crippen LogP contribution in [0.15, 0.2) is 36.5 Å². The molecule has 2 heterocycles. The Bertz CT molecular complexity index is 707. The first-order valence-electron chi connectivity index (χ1n) is 5.46. The summed E-state index contributed by atoms with van der Waals surface area (Å²) in [6.45, 7) is 0. The molecular weight excluding hydrogens is 228 g/mol. The molecule has 0 fully saturated rings. The molecular formula is C12H12N6. The van der Waals surface area contributed by atoms with Crippen molar-refractivity contribution in [3.63, 3.8) is 0 Å². The molecule has 2 aromatic rings. The van der Waals surface area contributed by atoms with Gasteiger partial charge in [0.15, 0.2) is 5.82 Å². The minimum Gasteiger partial charge on any atom is -0.384 e. The van der Waals surface area contributed by atoms with E-state index in [-0.39, 0.29) is 0 Å². The number of fused-ring (bicyclic) bond motifs is 1. The van der Waals surface area contributed by atoms with Gasteiger partial charge in [-0.15, -0.1) is 5.10 Å². The molecule has 0 atom stereocenters. The van der Waals surface area contributed by atoms with Crippen molar-refractivity contribution in [1.82, 2.24) is 21.0 Å². The Kier molecular flexibility index (Phi) is 2.26. The quantitative estimate of drug-likeness (QED) is 0.476. The van der Waals surface area contributed by atoms with E-state index in [9.17, 15) is 0 Å². The third-order valence-electron chi connectivity index (χ3n) is 2.80. The van der Waals surface area contributed by atoms with Crippen LogP contribution in [0.4, 0.5) is 5.82 Å². The number of hydrogen-bond donors (Lipinski definition) is 4. The van der Waals surface area contributed by atoms with Crippen molar-refractivity contribution in [2.75, 3.05) is 5.73 Å². The zero-order valence-electron chi connectivity index (χ0n) is 9.51. The second kappa shape index (κ2) is 3.92. The number of nitrogens with one attached hydrogen (secondary N) is 2. The molecule has 0 bridgehead atoms. The first-order valence-corrected chi connectivity index (χ1v) is 5.46. The molecule has 0 saturated carbocycles. The Balaban J connectivity index is 2.42. The van der Waals surface area contributed by atoms with Crippen molar-refractivity contribution in [1.29, 1.82) is 0 Å². The van der Waals surface area contributed by atoms with E-state index in [0.717, 1.165) is 16.5 Å². The SMILES string of the molecule is NC1=c2c(N)nncc2=C(c2ccccc2)NN1. The van der Waals surface area contributed by atoms with Crippen LogP contribution in [0.2, 0.25) is 0 Å². The summed E-state index contributed by atoms with van der Waals surface area (Å²) in [7, 11) is 0. The highest BCUT2D eigenvalue weighted by Crippen LogP contribution is 2.07. The molecule has 0 saturated heterocycles. The molecule has 6 nitrogen and oxygen atoms in total. The lowest BCUT2D eigenvalue weighted by Gasteiger charge is -2.18. The van der Waals surface area contributed by atoms with Crippen LogP contribution < -0.4 is 32.8 Å². The lowest BCUT2D eigenvalue weighted by molar-refractivity contribution is 0.776. The fourth-order valence-electron chi connectivity index (χ4n) is 1.97. The van der Waals surface area contributed by atoms with Gasteiger partial charge in [-0.3, -0.25) is 10.9 Å². The number of rotatable bonds is 1. The molecule has 6 heteroatoms. The number of nitrogen functional groups attached to an aromatic ring is 1. The number of hydrogen-bond acceptors (Lipinski definition) is 6. The average molecular weight is 240 g/mol. The average Bonchev–Trinajstić information content (AvgIpc) is 2.40. The van der Waals surface area contributed by atoms with Crippen molar-refractivity contribution in [3.05, 3.63) is 52.5 Å². The number of nitrogens with two attached hydrogens (primary N) is 2. The molecule has 0 spiro atoms. The van der Waals surface area contributed by atoms with Crippen molar-refractivity contribution in [2.24, 2.45) is 5.73 Å². The predicted molar refractivity (Wildman–Crippen MR) is 68.5 cm³/mol. The fraction of sp³-hybridized carbons (Fsp3) is 0. The van der Waals surface area contributed by atoms with Gasteiger partial charge in [0.05, 0.1) is 17.1 Å². The van der Waals surface area contributed by atoms with Crippen LogP contribution in [0.25, 0.3) is 11.5 Å². The minimum atomic E-state index is 0.312. The van der Waals surface area contributed by atoms with E-state index < -0.39 is 0 Å². The molecule has 90 valence electrons. The Morgan fingerprint density at radius 1 is 1.00 bits per heavy atom. The van der Waals surface area contributed by atoms with Crippen LogP contribution in [0.5, 0.6) is 0 Å². The number of benzene rings is 1. The molecule has 1 aromatic carbocycles. The molecule has 0 unspecified atom stereocenters. The molecule has 1 aromatic heterocycles. The summed E-state index contributed by atoms with van der Waals surface area (Å²) in [5.41, 5.74) is 19.5. The molecule has 6 N–H and O–H groups in total. The van der Waals surface area contributed by atoms with Crippen molar-refractivity contribution < 1.29 is 0 Å². The van der Waals surface area contributed by atoms with Gasteiger partial charge in [0.2, 0.25) is 0 Å². The topological polar surface area (TPSA) is 102 Å². The van der Waals surface area contributed by atoms with Gasteiger partial charge in [-0.2, -0.15) is 5.10 Å². The zero-order valence-corrected chi connectivity index (χ0v) is 9.51. The molecule has 1 aliphatic heterocycles. The van der Waals surface area contributed by atoms with Gasteiger partial charge in [0.1, 0.15) is 5.82 Å². The summed E-state index contributed by atoms with van der Waals surface area (Å²) in [4.78, 5) is 0. The summed E-state index contributed by atoms with van der Waals surface area (Å²) < 4.78 is 0. The van der Waals surface area contributed by atoms with E-state index in [0.29, 0.717) is 16.9 Å². The van der Waals surface area contributed by atoms with Gasteiger partial charge in [-0.25, -0.2) is 0 Å². The van der Waals surface area contributed by atoms with Crippen molar-refractivity contribution in [3.8, 4) is 0 Å². The highest BCUT2D eigenvalue weighted by molar-refractivity contribution is 5.67. The van der Waals surface area contributed by atoms with E-state index in [1.54, 1.807) is 6.20 Å². The van der Waals surface area contributed by atoms with Gasteiger partial charge in [0, 0.05) is 10.8 Å². The summed E-state index contributed by atoms with van der Waals surface area (Å²) in [6, 6.07) is 9.87. The second-order valence-corrected chi connectivity index (χ2v) is 3.92. The van der Waals surface area contributed by atoms with Crippen LogP contribution in [0.3, 0.4) is 0 Å². The summed E-state index contributed by atoms with van der Waals surface area (Å²) >= 11 is 0. The molecule has 1 aliphatic rings. The molecule has 0 radical (unpaired) electrons. The highest BCUT2D eigenvalue weighted by Gasteiger charge is 2.12. The maximum atomic E-state index is 5.87. The fourth-order valence-corrected chi connectivity index (χ4v) is 1.97. The van der Waals surface area contributed by atoms with E-state index >= 15 is 0 Å². The highest BCUT2D eigenvalue weighted by atomic mass is 15.4. The van der Waals surface area contributed by atoms with Crippen LogP contribution in [-0.4, -0.2) is 10.2 Å². The molecule has 0 amide bonds. The van der Waals surface area contributed by atoms with Crippen LogP contribution >= 0.6 is 0 Å². The van der Waals surface area contributed by atoms with Gasteiger partial charge < -0.3 is 11.5 Å². The minimum absolute atomic E-state index is 0.312. The normalized spacial score (nSPS) is 13.6. The Labute approximate surface area is 103 Å². The van der Waals surface area contributed by atoms with Crippen molar-refractivity contribution in [2.45, 2.75) is 0 Å². The maximum Gasteiger partial charge on any atom is 0.157 e. The van der Waals surface area contributed by atoms with Crippen LogP contribution in [0, 0.1) is 0 Å². The first kappa shape index (κ1) is 10.4.